The van der Waals surface area contributed by atoms with E-state index in [1.54, 1.807) is 6.20 Å². The summed E-state index contributed by atoms with van der Waals surface area (Å²) in [5.74, 6) is 0.734. The fourth-order valence-corrected chi connectivity index (χ4v) is 2.86. The van der Waals surface area contributed by atoms with E-state index in [0.717, 1.165) is 17.2 Å². The number of H-pyrrole nitrogens is 2. The molecule has 0 unspecified atom stereocenters. The lowest BCUT2D eigenvalue weighted by atomic mass is 9.84. The van der Waals surface area contributed by atoms with Crippen molar-refractivity contribution in [1.29, 1.82) is 0 Å². The average Bonchev–Trinajstić information content (AvgIpc) is 2.87. The van der Waals surface area contributed by atoms with Crippen LogP contribution in [0.4, 0.5) is 0 Å². The van der Waals surface area contributed by atoms with Crippen LogP contribution in [0.1, 0.15) is 43.6 Å². The van der Waals surface area contributed by atoms with Gasteiger partial charge in [-0.25, -0.2) is 4.79 Å². The van der Waals surface area contributed by atoms with E-state index in [9.17, 15) is 4.79 Å². The number of imidazole rings is 1. The standard InChI is InChI=1S/C15H18N2O/c18-15-16-10-14(17-15)13-8-6-12(7-9-13)11-4-2-1-3-5-11/h6-11H,1-5H2,(H2,16,17,18). The van der Waals surface area contributed by atoms with Crippen LogP contribution in [0.15, 0.2) is 35.3 Å². The summed E-state index contributed by atoms with van der Waals surface area (Å²) in [4.78, 5) is 16.5. The van der Waals surface area contributed by atoms with E-state index >= 15 is 0 Å². The molecule has 2 N–H and O–H groups in total. The van der Waals surface area contributed by atoms with E-state index in [-0.39, 0.29) is 5.69 Å². The quantitative estimate of drug-likeness (QED) is 0.833. The zero-order chi connectivity index (χ0) is 12.4. The lowest BCUT2D eigenvalue weighted by Crippen LogP contribution is -2.04. The number of nitrogens with one attached hydrogen (secondary N) is 2. The van der Waals surface area contributed by atoms with Crippen molar-refractivity contribution >= 4 is 0 Å². The van der Waals surface area contributed by atoms with Crippen molar-refractivity contribution < 1.29 is 0 Å². The topological polar surface area (TPSA) is 48.6 Å². The fraction of sp³-hybridized carbons (Fsp3) is 0.400. The molecule has 3 rings (SSSR count). The van der Waals surface area contributed by atoms with Crippen LogP contribution in [0.25, 0.3) is 11.3 Å². The lowest BCUT2D eigenvalue weighted by Gasteiger charge is -2.22. The van der Waals surface area contributed by atoms with E-state index in [4.69, 9.17) is 0 Å². The van der Waals surface area contributed by atoms with Crippen LogP contribution in [0.5, 0.6) is 0 Å². The maximum Gasteiger partial charge on any atom is 0.323 e. The summed E-state index contributed by atoms with van der Waals surface area (Å²) in [6, 6.07) is 8.61. The van der Waals surface area contributed by atoms with Crippen molar-refractivity contribution in [3.05, 3.63) is 46.5 Å². The van der Waals surface area contributed by atoms with Crippen LogP contribution in [0.3, 0.4) is 0 Å². The molecule has 0 spiro atoms. The van der Waals surface area contributed by atoms with Gasteiger partial charge >= 0.3 is 5.69 Å². The highest BCUT2D eigenvalue weighted by Gasteiger charge is 2.15. The minimum absolute atomic E-state index is 0.152. The van der Waals surface area contributed by atoms with E-state index in [0.29, 0.717) is 0 Å². The second-order valence-corrected chi connectivity index (χ2v) is 5.11. The average molecular weight is 242 g/mol. The molecule has 94 valence electrons. The van der Waals surface area contributed by atoms with Crippen LogP contribution in [0.2, 0.25) is 0 Å². The number of benzene rings is 1. The minimum Gasteiger partial charge on any atom is -0.312 e. The SMILES string of the molecule is O=c1[nH]cc(-c2ccc(C3CCCCC3)cc2)[nH]1. The molecule has 3 heteroatoms. The normalized spacial score (nSPS) is 16.9. The van der Waals surface area contributed by atoms with Gasteiger partial charge in [0.15, 0.2) is 0 Å². The van der Waals surface area contributed by atoms with Gasteiger partial charge in [-0.1, -0.05) is 43.5 Å². The summed E-state index contributed by atoms with van der Waals surface area (Å²) in [7, 11) is 0. The molecule has 1 aliphatic rings. The number of aromatic amines is 2. The second-order valence-electron chi connectivity index (χ2n) is 5.11. The highest BCUT2D eigenvalue weighted by atomic mass is 16.1. The smallest absolute Gasteiger partial charge is 0.312 e. The Morgan fingerprint density at radius 1 is 1.00 bits per heavy atom. The number of aromatic nitrogens is 2. The minimum atomic E-state index is -0.152. The third kappa shape index (κ3) is 2.26. The molecular weight excluding hydrogens is 224 g/mol. The maximum atomic E-state index is 11.1. The van der Waals surface area contributed by atoms with Crippen molar-refractivity contribution in [3.8, 4) is 11.3 Å². The summed E-state index contributed by atoms with van der Waals surface area (Å²) in [5.41, 5.74) is 3.21. The number of hydrogen-bond acceptors (Lipinski definition) is 1. The summed E-state index contributed by atoms with van der Waals surface area (Å²) < 4.78 is 0. The molecule has 1 heterocycles. The first-order valence-corrected chi connectivity index (χ1v) is 6.71. The molecule has 1 aromatic heterocycles. The Morgan fingerprint density at radius 2 is 1.72 bits per heavy atom. The largest absolute Gasteiger partial charge is 0.323 e. The van der Waals surface area contributed by atoms with Crippen molar-refractivity contribution in [1.82, 2.24) is 9.97 Å². The lowest BCUT2D eigenvalue weighted by molar-refractivity contribution is 0.443. The van der Waals surface area contributed by atoms with Gasteiger partial charge in [-0.15, -0.1) is 0 Å². The first-order chi connectivity index (χ1) is 8.83. The Bertz CT molecular complexity index is 559. The molecule has 1 aromatic carbocycles. The molecule has 2 aromatic rings. The summed E-state index contributed by atoms with van der Waals surface area (Å²) in [5, 5.41) is 0. The van der Waals surface area contributed by atoms with Gasteiger partial charge in [0.25, 0.3) is 0 Å². The van der Waals surface area contributed by atoms with E-state index < -0.39 is 0 Å². The van der Waals surface area contributed by atoms with E-state index in [2.05, 4.69) is 34.2 Å². The Balaban J connectivity index is 1.82. The Kier molecular flexibility index (Phi) is 3.05. The van der Waals surface area contributed by atoms with Gasteiger partial charge in [0.2, 0.25) is 0 Å². The van der Waals surface area contributed by atoms with Gasteiger partial charge in [-0.3, -0.25) is 0 Å². The van der Waals surface area contributed by atoms with Gasteiger partial charge in [-0.2, -0.15) is 0 Å². The number of rotatable bonds is 2. The Hall–Kier alpha value is -1.77. The summed E-state index contributed by atoms with van der Waals surface area (Å²) in [6.07, 6.45) is 8.47. The van der Waals surface area contributed by atoms with Crippen LogP contribution < -0.4 is 5.69 Å². The molecule has 0 radical (unpaired) electrons. The fourth-order valence-electron chi connectivity index (χ4n) is 2.86. The van der Waals surface area contributed by atoms with Gasteiger partial charge in [-0.05, 0) is 29.9 Å². The van der Waals surface area contributed by atoms with Gasteiger partial charge in [0, 0.05) is 6.20 Å². The molecule has 0 bridgehead atoms. The third-order valence-electron chi connectivity index (χ3n) is 3.89. The molecule has 3 nitrogen and oxygen atoms in total. The summed E-state index contributed by atoms with van der Waals surface area (Å²) in [6.45, 7) is 0. The highest BCUT2D eigenvalue weighted by molar-refractivity contribution is 5.58. The second kappa shape index (κ2) is 4.84. The maximum absolute atomic E-state index is 11.1. The van der Waals surface area contributed by atoms with E-state index in [1.807, 2.05) is 0 Å². The van der Waals surface area contributed by atoms with Crippen LogP contribution in [-0.2, 0) is 0 Å². The van der Waals surface area contributed by atoms with Crippen molar-refractivity contribution in [2.45, 2.75) is 38.0 Å². The zero-order valence-corrected chi connectivity index (χ0v) is 10.4. The molecule has 1 fully saturated rings. The van der Waals surface area contributed by atoms with Crippen LogP contribution in [-0.4, -0.2) is 9.97 Å². The first kappa shape index (κ1) is 11.3. The van der Waals surface area contributed by atoms with Crippen molar-refractivity contribution in [2.24, 2.45) is 0 Å². The molecule has 1 saturated carbocycles. The molecule has 0 saturated heterocycles. The molecule has 1 aliphatic carbocycles. The zero-order valence-electron chi connectivity index (χ0n) is 10.4. The molecular formula is C15H18N2O. The van der Waals surface area contributed by atoms with Crippen molar-refractivity contribution in [2.75, 3.05) is 0 Å². The third-order valence-corrected chi connectivity index (χ3v) is 3.89. The predicted octanol–water partition coefficient (Wildman–Crippen LogP) is 3.42. The van der Waals surface area contributed by atoms with Gasteiger partial charge in [0.1, 0.15) is 0 Å². The van der Waals surface area contributed by atoms with E-state index in [1.165, 1.54) is 37.7 Å². The Labute approximate surface area is 106 Å². The Morgan fingerprint density at radius 3 is 2.33 bits per heavy atom. The van der Waals surface area contributed by atoms with Crippen LogP contribution in [0, 0.1) is 0 Å². The summed E-state index contributed by atoms with van der Waals surface area (Å²) >= 11 is 0. The predicted molar refractivity (Wildman–Crippen MR) is 72.7 cm³/mol. The molecule has 18 heavy (non-hydrogen) atoms. The molecule has 0 amide bonds. The molecule has 0 aliphatic heterocycles. The van der Waals surface area contributed by atoms with Gasteiger partial charge in [0.05, 0.1) is 5.69 Å². The van der Waals surface area contributed by atoms with Gasteiger partial charge < -0.3 is 9.97 Å². The van der Waals surface area contributed by atoms with Crippen molar-refractivity contribution in [3.63, 3.8) is 0 Å². The highest BCUT2D eigenvalue weighted by Crippen LogP contribution is 2.33. The molecule has 0 atom stereocenters. The monoisotopic (exact) mass is 242 g/mol. The van der Waals surface area contributed by atoms with Crippen LogP contribution >= 0.6 is 0 Å². The first-order valence-electron chi connectivity index (χ1n) is 6.71. The number of hydrogen-bond donors (Lipinski definition) is 2.